The fourth-order valence-corrected chi connectivity index (χ4v) is 3.21. The van der Waals surface area contributed by atoms with Crippen LogP contribution in [0.4, 0.5) is 4.39 Å². The molecule has 2 rings (SSSR count). The van der Waals surface area contributed by atoms with Gasteiger partial charge in [-0.25, -0.2) is 4.39 Å². The summed E-state index contributed by atoms with van der Waals surface area (Å²) >= 11 is 4.96. The van der Waals surface area contributed by atoms with E-state index in [9.17, 15) is 4.39 Å². The molecular formula is C16H23FN2S. The second-order valence-corrected chi connectivity index (χ2v) is 6.28. The summed E-state index contributed by atoms with van der Waals surface area (Å²) in [7, 11) is 0. The van der Waals surface area contributed by atoms with Crippen molar-refractivity contribution in [2.75, 3.05) is 13.1 Å². The average Bonchev–Trinajstić information content (AvgIpc) is 2.85. The highest BCUT2D eigenvalue weighted by atomic mass is 32.1. The van der Waals surface area contributed by atoms with E-state index < -0.39 is 0 Å². The molecule has 0 saturated carbocycles. The van der Waals surface area contributed by atoms with Crippen molar-refractivity contribution in [3.8, 4) is 0 Å². The summed E-state index contributed by atoms with van der Waals surface area (Å²) in [6, 6.07) is 4.90. The first-order chi connectivity index (χ1) is 9.49. The summed E-state index contributed by atoms with van der Waals surface area (Å²) in [5.41, 5.74) is 7.47. The lowest BCUT2D eigenvalue weighted by Gasteiger charge is -2.26. The molecular weight excluding hydrogens is 271 g/mol. The van der Waals surface area contributed by atoms with Gasteiger partial charge in [0.1, 0.15) is 10.8 Å². The van der Waals surface area contributed by atoms with E-state index in [1.54, 1.807) is 12.1 Å². The van der Waals surface area contributed by atoms with E-state index >= 15 is 0 Å². The van der Waals surface area contributed by atoms with Crippen LogP contribution in [0.15, 0.2) is 18.2 Å². The van der Waals surface area contributed by atoms with Gasteiger partial charge in [-0.05, 0) is 49.4 Å². The van der Waals surface area contributed by atoms with Crippen LogP contribution in [0.1, 0.15) is 44.2 Å². The topological polar surface area (TPSA) is 29.3 Å². The number of rotatable bonds is 5. The Morgan fingerprint density at radius 1 is 1.40 bits per heavy atom. The Morgan fingerprint density at radius 2 is 2.10 bits per heavy atom. The predicted molar refractivity (Wildman–Crippen MR) is 85.2 cm³/mol. The predicted octanol–water partition coefficient (Wildman–Crippen LogP) is 3.47. The average molecular weight is 294 g/mol. The van der Waals surface area contributed by atoms with Gasteiger partial charge in [-0.2, -0.15) is 0 Å². The maximum atomic E-state index is 13.9. The molecule has 20 heavy (non-hydrogen) atoms. The Hall–Kier alpha value is -1.00. The van der Waals surface area contributed by atoms with E-state index in [4.69, 9.17) is 18.0 Å². The minimum absolute atomic E-state index is 0.171. The molecule has 0 amide bonds. The number of thiocarbonyl (C=S) groups is 1. The van der Waals surface area contributed by atoms with Crippen LogP contribution in [-0.4, -0.2) is 23.0 Å². The second-order valence-electron chi connectivity index (χ2n) is 5.84. The van der Waals surface area contributed by atoms with Gasteiger partial charge in [0.2, 0.25) is 0 Å². The number of halogens is 1. The minimum Gasteiger partial charge on any atom is -0.389 e. The zero-order valence-electron chi connectivity index (χ0n) is 12.3. The molecule has 110 valence electrons. The molecule has 0 aromatic heterocycles. The molecule has 1 heterocycles. The van der Waals surface area contributed by atoms with Gasteiger partial charge in [0.15, 0.2) is 0 Å². The van der Waals surface area contributed by atoms with E-state index in [0.717, 1.165) is 18.7 Å². The number of nitrogens with two attached hydrogens (primary N) is 1. The zero-order chi connectivity index (χ0) is 14.8. The van der Waals surface area contributed by atoms with Gasteiger partial charge in [0.05, 0.1) is 0 Å². The summed E-state index contributed by atoms with van der Waals surface area (Å²) < 4.78 is 13.9. The fraction of sp³-hybridized carbons (Fsp3) is 0.562. The SMILES string of the molecule is CCC1(CC)CCN(Cc2cc(C(N)=S)ccc2F)C1. The van der Waals surface area contributed by atoms with E-state index in [2.05, 4.69) is 18.7 Å². The van der Waals surface area contributed by atoms with Gasteiger partial charge >= 0.3 is 0 Å². The molecule has 1 aromatic rings. The monoisotopic (exact) mass is 294 g/mol. The first-order valence-corrected chi connectivity index (χ1v) is 7.71. The van der Waals surface area contributed by atoms with Crippen LogP contribution < -0.4 is 5.73 Å². The zero-order valence-corrected chi connectivity index (χ0v) is 13.1. The second kappa shape index (κ2) is 6.19. The van der Waals surface area contributed by atoms with Gasteiger partial charge in [0.25, 0.3) is 0 Å². The number of likely N-dealkylation sites (tertiary alicyclic amines) is 1. The number of benzene rings is 1. The third kappa shape index (κ3) is 3.18. The highest BCUT2D eigenvalue weighted by Gasteiger charge is 2.34. The third-order valence-electron chi connectivity index (χ3n) is 4.74. The Kier molecular flexibility index (Phi) is 4.76. The largest absolute Gasteiger partial charge is 0.389 e. The number of hydrogen-bond donors (Lipinski definition) is 1. The third-order valence-corrected chi connectivity index (χ3v) is 4.98. The van der Waals surface area contributed by atoms with Crippen molar-refractivity contribution in [1.29, 1.82) is 0 Å². The van der Waals surface area contributed by atoms with Crippen molar-refractivity contribution in [1.82, 2.24) is 4.90 Å². The maximum Gasteiger partial charge on any atom is 0.127 e. The minimum atomic E-state index is -0.171. The smallest absolute Gasteiger partial charge is 0.127 e. The molecule has 2 N–H and O–H groups in total. The van der Waals surface area contributed by atoms with Gasteiger partial charge < -0.3 is 5.73 Å². The lowest BCUT2D eigenvalue weighted by molar-refractivity contribution is 0.234. The van der Waals surface area contributed by atoms with Gasteiger partial charge in [-0.3, -0.25) is 4.90 Å². The Labute approximate surface area is 126 Å². The molecule has 1 fully saturated rings. The highest BCUT2D eigenvalue weighted by molar-refractivity contribution is 7.80. The van der Waals surface area contributed by atoms with Gasteiger partial charge in [0, 0.05) is 24.2 Å². The van der Waals surface area contributed by atoms with E-state index in [1.165, 1.54) is 25.3 Å². The Bertz CT molecular complexity index is 497. The summed E-state index contributed by atoms with van der Waals surface area (Å²) in [6.45, 7) is 7.24. The van der Waals surface area contributed by atoms with Crippen molar-refractivity contribution in [3.63, 3.8) is 0 Å². The van der Waals surface area contributed by atoms with Crippen LogP contribution in [-0.2, 0) is 6.54 Å². The molecule has 0 unspecified atom stereocenters. The highest BCUT2D eigenvalue weighted by Crippen LogP contribution is 2.37. The van der Waals surface area contributed by atoms with E-state index in [1.807, 2.05) is 0 Å². The van der Waals surface area contributed by atoms with Crippen molar-refractivity contribution >= 4 is 17.2 Å². The summed E-state index contributed by atoms with van der Waals surface area (Å²) in [4.78, 5) is 2.67. The van der Waals surface area contributed by atoms with Crippen molar-refractivity contribution < 1.29 is 4.39 Å². The molecule has 0 spiro atoms. The van der Waals surface area contributed by atoms with Gasteiger partial charge in [-0.15, -0.1) is 0 Å². The summed E-state index contributed by atoms with van der Waals surface area (Å²) in [5, 5.41) is 0. The molecule has 1 aromatic carbocycles. The molecule has 0 radical (unpaired) electrons. The first kappa shape index (κ1) is 15.4. The van der Waals surface area contributed by atoms with Crippen LogP contribution in [0, 0.1) is 11.2 Å². The summed E-state index contributed by atoms with van der Waals surface area (Å²) in [5.74, 6) is -0.171. The van der Waals surface area contributed by atoms with Crippen LogP contribution in [0.25, 0.3) is 0 Å². The molecule has 0 atom stereocenters. The van der Waals surface area contributed by atoms with Crippen molar-refractivity contribution in [2.24, 2.45) is 11.1 Å². The molecule has 1 aliphatic rings. The van der Waals surface area contributed by atoms with Gasteiger partial charge in [-0.1, -0.05) is 26.1 Å². The van der Waals surface area contributed by atoms with Crippen molar-refractivity contribution in [3.05, 3.63) is 35.1 Å². The fourth-order valence-electron chi connectivity index (χ4n) is 3.08. The standard InChI is InChI=1S/C16H23FN2S/c1-3-16(4-2)7-8-19(11-16)10-13-9-12(15(18)20)5-6-14(13)17/h5-6,9H,3-4,7-8,10-11H2,1-2H3,(H2,18,20). The Balaban J connectivity index is 2.11. The van der Waals surface area contributed by atoms with E-state index in [0.29, 0.717) is 22.5 Å². The van der Waals surface area contributed by atoms with Crippen LogP contribution >= 0.6 is 12.2 Å². The van der Waals surface area contributed by atoms with Crippen LogP contribution in [0.2, 0.25) is 0 Å². The quantitative estimate of drug-likeness (QED) is 0.843. The molecule has 1 saturated heterocycles. The molecule has 0 aliphatic carbocycles. The molecule has 0 bridgehead atoms. The van der Waals surface area contributed by atoms with E-state index in [-0.39, 0.29) is 5.82 Å². The van der Waals surface area contributed by atoms with Crippen LogP contribution in [0.5, 0.6) is 0 Å². The first-order valence-electron chi connectivity index (χ1n) is 7.30. The lowest BCUT2D eigenvalue weighted by atomic mass is 9.82. The molecule has 1 aliphatic heterocycles. The Morgan fingerprint density at radius 3 is 2.65 bits per heavy atom. The molecule has 2 nitrogen and oxygen atoms in total. The number of nitrogens with zero attached hydrogens (tertiary/aromatic N) is 1. The normalized spacial score (nSPS) is 18.4. The lowest BCUT2D eigenvalue weighted by Crippen LogP contribution is -2.26. The summed E-state index contributed by atoms with van der Waals surface area (Å²) in [6.07, 6.45) is 3.58. The number of hydrogen-bond acceptors (Lipinski definition) is 2. The molecule has 4 heteroatoms. The van der Waals surface area contributed by atoms with Crippen molar-refractivity contribution in [2.45, 2.75) is 39.7 Å². The van der Waals surface area contributed by atoms with Crippen LogP contribution in [0.3, 0.4) is 0 Å². The maximum absolute atomic E-state index is 13.9.